The van der Waals surface area contributed by atoms with E-state index in [-0.39, 0.29) is 5.75 Å². The van der Waals surface area contributed by atoms with E-state index in [9.17, 15) is 8.42 Å². The van der Waals surface area contributed by atoms with Gasteiger partial charge in [-0.05, 0) is 38.6 Å². The highest BCUT2D eigenvalue weighted by Gasteiger charge is 2.24. The zero-order valence-electron chi connectivity index (χ0n) is 9.12. The van der Waals surface area contributed by atoms with E-state index in [2.05, 4.69) is 5.32 Å². The maximum Gasteiger partial charge on any atom is 0.150 e. The highest BCUT2D eigenvalue weighted by Crippen LogP contribution is 2.28. The van der Waals surface area contributed by atoms with Crippen LogP contribution >= 0.6 is 0 Å². The van der Waals surface area contributed by atoms with Crippen molar-refractivity contribution in [3.05, 3.63) is 0 Å². The first-order valence-corrected chi connectivity index (χ1v) is 7.27. The molecule has 0 radical (unpaired) electrons. The lowest BCUT2D eigenvalue weighted by Gasteiger charge is -2.10. The Bertz CT molecular complexity index is 261. The van der Waals surface area contributed by atoms with Gasteiger partial charge in [-0.25, -0.2) is 8.42 Å². The largest absolute Gasteiger partial charge is 0.317 e. The predicted octanol–water partition coefficient (Wildman–Crippen LogP) is 1.20. The van der Waals surface area contributed by atoms with Gasteiger partial charge in [-0.15, -0.1) is 0 Å². The van der Waals surface area contributed by atoms with Gasteiger partial charge in [0.2, 0.25) is 0 Å². The Morgan fingerprint density at radius 3 is 2.57 bits per heavy atom. The molecule has 0 saturated heterocycles. The van der Waals surface area contributed by atoms with Gasteiger partial charge in [-0.2, -0.15) is 0 Å². The number of nitrogens with one attached hydrogen (secondary N) is 1. The van der Waals surface area contributed by atoms with Crippen LogP contribution in [0, 0.1) is 5.92 Å². The molecular weight excluding hydrogens is 198 g/mol. The van der Waals surface area contributed by atoms with Crippen LogP contribution in [0.2, 0.25) is 0 Å². The normalized spacial score (nSPS) is 28.1. The van der Waals surface area contributed by atoms with Crippen molar-refractivity contribution in [1.82, 2.24) is 5.32 Å². The summed E-state index contributed by atoms with van der Waals surface area (Å²) in [5.41, 5.74) is 0. The number of sulfone groups is 1. The van der Waals surface area contributed by atoms with Gasteiger partial charge in [0.25, 0.3) is 0 Å². The van der Waals surface area contributed by atoms with E-state index >= 15 is 0 Å². The Labute approximate surface area is 87.2 Å². The molecule has 0 bridgehead atoms. The van der Waals surface area contributed by atoms with Crippen LogP contribution in [0.15, 0.2) is 0 Å². The van der Waals surface area contributed by atoms with E-state index in [1.54, 1.807) is 6.92 Å². The molecule has 2 unspecified atom stereocenters. The average molecular weight is 219 g/mol. The summed E-state index contributed by atoms with van der Waals surface area (Å²) >= 11 is 0. The number of rotatable bonds is 5. The molecule has 1 rings (SSSR count). The molecular formula is C10H21NO2S. The topological polar surface area (TPSA) is 46.2 Å². The van der Waals surface area contributed by atoms with Crippen LogP contribution in [0.3, 0.4) is 0 Å². The summed E-state index contributed by atoms with van der Waals surface area (Å²) in [5.74, 6) is 1.29. The molecule has 2 atom stereocenters. The standard InChI is InChI=1S/C10H21NO2S/c1-3-14(12,13)7-6-9-4-5-10(8-9)11-2/h9-11H,3-8H2,1-2H3. The second-order valence-corrected chi connectivity index (χ2v) is 6.66. The molecule has 0 aromatic rings. The van der Waals surface area contributed by atoms with Crippen molar-refractivity contribution in [2.75, 3.05) is 18.6 Å². The molecule has 0 aliphatic heterocycles. The molecule has 0 aromatic carbocycles. The van der Waals surface area contributed by atoms with Crippen LogP contribution in [0.4, 0.5) is 0 Å². The minimum absolute atomic E-state index is 0.287. The van der Waals surface area contributed by atoms with Crippen LogP contribution in [-0.2, 0) is 9.84 Å². The zero-order chi connectivity index (χ0) is 10.6. The maximum atomic E-state index is 11.3. The van der Waals surface area contributed by atoms with Gasteiger partial charge in [-0.3, -0.25) is 0 Å². The summed E-state index contributed by atoms with van der Waals surface area (Å²) in [6.45, 7) is 1.72. The van der Waals surface area contributed by atoms with Crippen LogP contribution < -0.4 is 5.32 Å². The molecule has 0 heterocycles. The molecule has 0 aromatic heterocycles. The highest BCUT2D eigenvalue weighted by atomic mass is 32.2. The molecule has 1 aliphatic carbocycles. The van der Waals surface area contributed by atoms with Gasteiger partial charge in [0.15, 0.2) is 0 Å². The minimum Gasteiger partial charge on any atom is -0.317 e. The fraction of sp³-hybridized carbons (Fsp3) is 1.00. The molecule has 14 heavy (non-hydrogen) atoms. The zero-order valence-corrected chi connectivity index (χ0v) is 9.94. The van der Waals surface area contributed by atoms with Crippen molar-refractivity contribution >= 4 is 9.84 Å². The third-order valence-electron chi connectivity index (χ3n) is 3.23. The Kier molecular flexibility index (Phi) is 4.38. The minimum atomic E-state index is -2.75. The molecule has 4 heteroatoms. The van der Waals surface area contributed by atoms with E-state index in [1.165, 1.54) is 12.8 Å². The SMILES string of the molecule is CCS(=O)(=O)CCC1CCC(NC)C1. The summed E-state index contributed by atoms with van der Waals surface area (Å²) in [4.78, 5) is 0. The van der Waals surface area contributed by atoms with Crippen LogP contribution in [0.5, 0.6) is 0 Å². The van der Waals surface area contributed by atoms with E-state index in [0.717, 1.165) is 12.8 Å². The van der Waals surface area contributed by atoms with Crippen molar-refractivity contribution in [3.63, 3.8) is 0 Å². The Morgan fingerprint density at radius 1 is 1.36 bits per heavy atom. The molecule has 1 saturated carbocycles. The predicted molar refractivity (Wildman–Crippen MR) is 59.1 cm³/mol. The van der Waals surface area contributed by atoms with Crippen LogP contribution in [0.1, 0.15) is 32.6 Å². The summed E-state index contributed by atoms with van der Waals surface area (Å²) in [7, 11) is -0.770. The van der Waals surface area contributed by atoms with Gasteiger partial charge in [-0.1, -0.05) is 6.92 Å². The van der Waals surface area contributed by atoms with E-state index in [1.807, 2.05) is 7.05 Å². The second kappa shape index (κ2) is 5.12. The fourth-order valence-electron chi connectivity index (χ4n) is 2.09. The average Bonchev–Trinajstić information content (AvgIpc) is 2.63. The van der Waals surface area contributed by atoms with Crippen LogP contribution in [-0.4, -0.2) is 33.0 Å². The first-order valence-electron chi connectivity index (χ1n) is 5.45. The van der Waals surface area contributed by atoms with Crippen molar-refractivity contribution in [2.24, 2.45) is 5.92 Å². The van der Waals surface area contributed by atoms with Gasteiger partial charge in [0.05, 0.1) is 5.75 Å². The smallest absolute Gasteiger partial charge is 0.150 e. The number of hydrogen-bond acceptors (Lipinski definition) is 3. The lowest BCUT2D eigenvalue weighted by Crippen LogP contribution is -2.21. The number of hydrogen-bond donors (Lipinski definition) is 1. The van der Waals surface area contributed by atoms with E-state index in [4.69, 9.17) is 0 Å². The summed E-state index contributed by atoms with van der Waals surface area (Å²) < 4.78 is 22.6. The molecule has 1 fully saturated rings. The summed E-state index contributed by atoms with van der Waals surface area (Å²) in [5, 5.41) is 3.26. The fourth-order valence-corrected chi connectivity index (χ4v) is 3.07. The monoisotopic (exact) mass is 219 g/mol. The molecule has 0 spiro atoms. The van der Waals surface area contributed by atoms with Crippen molar-refractivity contribution in [1.29, 1.82) is 0 Å². The summed E-state index contributed by atoms with van der Waals surface area (Å²) in [6, 6.07) is 0.615. The molecule has 84 valence electrons. The third kappa shape index (κ3) is 3.58. The quantitative estimate of drug-likeness (QED) is 0.756. The molecule has 0 amide bonds. The lowest BCUT2D eigenvalue weighted by molar-refractivity contribution is 0.495. The second-order valence-electron chi connectivity index (χ2n) is 4.19. The first kappa shape index (κ1) is 12.0. The maximum absolute atomic E-state index is 11.3. The molecule has 1 N–H and O–H groups in total. The first-order chi connectivity index (χ1) is 6.57. The van der Waals surface area contributed by atoms with Crippen molar-refractivity contribution in [3.8, 4) is 0 Å². The Hall–Kier alpha value is -0.0900. The summed E-state index contributed by atoms with van der Waals surface area (Å²) in [6.07, 6.45) is 4.39. The van der Waals surface area contributed by atoms with E-state index in [0.29, 0.717) is 17.7 Å². The van der Waals surface area contributed by atoms with Gasteiger partial charge in [0.1, 0.15) is 9.84 Å². The lowest BCUT2D eigenvalue weighted by atomic mass is 10.1. The molecule has 1 aliphatic rings. The third-order valence-corrected chi connectivity index (χ3v) is 4.96. The van der Waals surface area contributed by atoms with Crippen LogP contribution in [0.25, 0.3) is 0 Å². The molecule has 3 nitrogen and oxygen atoms in total. The van der Waals surface area contributed by atoms with E-state index < -0.39 is 9.84 Å². The van der Waals surface area contributed by atoms with Gasteiger partial charge >= 0.3 is 0 Å². The van der Waals surface area contributed by atoms with Crippen molar-refractivity contribution < 1.29 is 8.42 Å². The highest BCUT2D eigenvalue weighted by molar-refractivity contribution is 7.91. The van der Waals surface area contributed by atoms with Gasteiger partial charge < -0.3 is 5.32 Å². The van der Waals surface area contributed by atoms with Gasteiger partial charge in [0, 0.05) is 11.8 Å². The Morgan fingerprint density at radius 2 is 2.07 bits per heavy atom. The Balaban J connectivity index is 2.27. The van der Waals surface area contributed by atoms with Crippen molar-refractivity contribution in [2.45, 2.75) is 38.6 Å².